The molecule has 1 aromatic carbocycles. The van der Waals surface area contributed by atoms with E-state index in [4.69, 9.17) is 18.9 Å². The van der Waals surface area contributed by atoms with E-state index < -0.39 is 59.6 Å². The van der Waals surface area contributed by atoms with Crippen molar-refractivity contribution in [3.63, 3.8) is 0 Å². The Morgan fingerprint density at radius 2 is 1.66 bits per heavy atom. The molecule has 3 rings (SSSR count). The van der Waals surface area contributed by atoms with Crippen LogP contribution in [0.25, 0.3) is 0 Å². The van der Waals surface area contributed by atoms with Crippen LogP contribution in [0.5, 0.6) is 5.75 Å². The maximum absolute atomic E-state index is 12.3. The fourth-order valence-corrected chi connectivity index (χ4v) is 3.78. The lowest BCUT2D eigenvalue weighted by atomic mass is 9.87. The third kappa shape index (κ3) is 4.86. The zero-order valence-corrected chi connectivity index (χ0v) is 17.7. The van der Waals surface area contributed by atoms with E-state index in [0.717, 1.165) is 12.2 Å². The molecule has 10 nitrogen and oxygen atoms in total. The zero-order valence-electron chi connectivity index (χ0n) is 17.7. The van der Waals surface area contributed by atoms with Crippen molar-refractivity contribution in [2.45, 2.75) is 51.6 Å². The first-order valence-corrected chi connectivity index (χ1v) is 9.84. The number of phenolic OH excluding ortho intramolecular Hbond substituents is 1. The van der Waals surface area contributed by atoms with E-state index in [1.54, 1.807) is 0 Å². The Labute approximate surface area is 183 Å². The van der Waals surface area contributed by atoms with Crippen molar-refractivity contribution in [2.24, 2.45) is 0 Å². The van der Waals surface area contributed by atoms with Crippen molar-refractivity contribution in [3.8, 4) is 5.75 Å². The van der Waals surface area contributed by atoms with Gasteiger partial charge in [0.1, 0.15) is 24.6 Å². The minimum Gasteiger partial charge on any atom is -0.507 e. The first kappa shape index (κ1) is 23.1. The Balaban J connectivity index is 2.00. The molecule has 1 heterocycles. The molecule has 0 saturated carbocycles. The Morgan fingerprint density at radius 1 is 1.00 bits per heavy atom. The molecular weight excluding hydrogens is 424 g/mol. The second kappa shape index (κ2) is 9.31. The van der Waals surface area contributed by atoms with Gasteiger partial charge in [-0.05, 0) is 18.2 Å². The predicted octanol–water partition coefficient (Wildman–Crippen LogP) is 1.58. The van der Waals surface area contributed by atoms with Crippen LogP contribution in [-0.4, -0.2) is 59.5 Å². The summed E-state index contributed by atoms with van der Waals surface area (Å²) in [5, 5.41) is 10.8. The summed E-state index contributed by atoms with van der Waals surface area (Å²) >= 11 is 0. The van der Waals surface area contributed by atoms with E-state index in [1.165, 1.54) is 32.9 Å². The minimum atomic E-state index is -1.07. The number of hydrogen-bond acceptors (Lipinski definition) is 10. The lowest BCUT2D eigenvalue weighted by Gasteiger charge is -2.40. The van der Waals surface area contributed by atoms with E-state index in [2.05, 4.69) is 0 Å². The molecule has 2 aliphatic rings. The SMILES string of the molecule is CC(=O)OC[C@H]1O[C@@H](c2ccc3c(c2O)C(=O)C=CC3=O)C[C@@H](OC(C)=O)[C@@H]1OC(C)=O. The van der Waals surface area contributed by atoms with Gasteiger partial charge < -0.3 is 24.1 Å². The molecule has 1 saturated heterocycles. The van der Waals surface area contributed by atoms with Crippen LogP contribution in [0.1, 0.15) is 59.6 Å². The van der Waals surface area contributed by atoms with Crippen LogP contribution in [0.15, 0.2) is 24.3 Å². The number of fused-ring (bicyclic) bond motifs is 1. The fraction of sp³-hybridized carbons (Fsp3) is 0.409. The third-order valence-electron chi connectivity index (χ3n) is 5.04. The molecule has 0 radical (unpaired) electrons. The van der Waals surface area contributed by atoms with Crippen LogP contribution in [-0.2, 0) is 33.3 Å². The van der Waals surface area contributed by atoms with Gasteiger partial charge in [-0.15, -0.1) is 0 Å². The molecule has 0 aromatic heterocycles. The van der Waals surface area contributed by atoms with Gasteiger partial charge in [-0.2, -0.15) is 0 Å². The number of ether oxygens (including phenoxy) is 4. The van der Waals surface area contributed by atoms with Crippen molar-refractivity contribution < 1.29 is 48.0 Å². The van der Waals surface area contributed by atoms with Gasteiger partial charge in [-0.3, -0.25) is 24.0 Å². The van der Waals surface area contributed by atoms with Crippen molar-refractivity contribution in [2.75, 3.05) is 6.61 Å². The number of aromatic hydroxyl groups is 1. The summed E-state index contributed by atoms with van der Waals surface area (Å²) in [5.74, 6) is -3.30. The Hall–Kier alpha value is -3.53. The molecule has 1 N–H and O–H groups in total. The Kier molecular flexibility index (Phi) is 6.73. The monoisotopic (exact) mass is 446 g/mol. The quantitative estimate of drug-likeness (QED) is 0.523. The summed E-state index contributed by atoms with van der Waals surface area (Å²) in [7, 11) is 0. The van der Waals surface area contributed by atoms with E-state index >= 15 is 0 Å². The first-order valence-electron chi connectivity index (χ1n) is 9.84. The molecule has 0 amide bonds. The molecule has 1 fully saturated rings. The van der Waals surface area contributed by atoms with Crippen LogP contribution in [0.3, 0.4) is 0 Å². The van der Waals surface area contributed by atoms with Crippen LogP contribution in [0.4, 0.5) is 0 Å². The lowest BCUT2D eigenvalue weighted by Crippen LogP contribution is -2.51. The summed E-state index contributed by atoms with van der Waals surface area (Å²) in [6, 6.07) is 2.83. The van der Waals surface area contributed by atoms with E-state index in [9.17, 15) is 29.1 Å². The number of allylic oxidation sites excluding steroid dienone is 2. The zero-order chi connectivity index (χ0) is 23.6. The van der Waals surface area contributed by atoms with Gasteiger partial charge in [0.25, 0.3) is 0 Å². The van der Waals surface area contributed by atoms with Crippen molar-refractivity contribution >= 4 is 29.5 Å². The van der Waals surface area contributed by atoms with Gasteiger partial charge in [0.2, 0.25) is 0 Å². The van der Waals surface area contributed by atoms with Crippen molar-refractivity contribution in [1.82, 2.24) is 0 Å². The molecule has 0 bridgehead atoms. The summed E-state index contributed by atoms with van der Waals surface area (Å²) in [6.45, 7) is 3.23. The number of phenols is 1. The largest absolute Gasteiger partial charge is 0.507 e. The van der Waals surface area contributed by atoms with E-state index in [-0.39, 0.29) is 29.7 Å². The molecule has 4 atom stereocenters. The maximum atomic E-state index is 12.3. The standard InChI is InChI=1S/C22H22O10/c1-10(23)29-9-19-22(31-12(3)25)18(30-11(2)24)8-17(32-19)14-5-4-13-15(26)6-7-16(27)20(13)21(14)28/h4-7,17-19,22,28H,8-9H2,1-3H3/t17-,18-,19-,22+/m1/s1. The average Bonchev–Trinajstić information content (AvgIpc) is 2.70. The van der Waals surface area contributed by atoms with Crippen molar-refractivity contribution in [3.05, 3.63) is 41.0 Å². The van der Waals surface area contributed by atoms with E-state index in [0.29, 0.717) is 0 Å². The van der Waals surface area contributed by atoms with Gasteiger partial charge in [0, 0.05) is 38.3 Å². The molecule has 170 valence electrons. The summed E-state index contributed by atoms with van der Waals surface area (Å²) in [6.07, 6.45) is -1.85. The van der Waals surface area contributed by atoms with Crippen LogP contribution in [0.2, 0.25) is 0 Å². The summed E-state index contributed by atoms with van der Waals surface area (Å²) < 4.78 is 21.6. The second-order valence-corrected chi connectivity index (χ2v) is 7.41. The predicted molar refractivity (Wildman–Crippen MR) is 106 cm³/mol. The first-order chi connectivity index (χ1) is 15.1. The number of benzene rings is 1. The van der Waals surface area contributed by atoms with E-state index in [1.807, 2.05) is 0 Å². The molecule has 1 aromatic rings. The van der Waals surface area contributed by atoms with Crippen LogP contribution < -0.4 is 0 Å². The summed E-state index contributed by atoms with van der Waals surface area (Å²) in [5.41, 5.74) is 0.0769. The number of carbonyl (C=O) groups excluding carboxylic acids is 5. The highest BCUT2D eigenvalue weighted by Crippen LogP contribution is 2.41. The number of esters is 3. The van der Waals surface area contributed by atoms with Crippen molar-refractivity contribution in [1.29, 1.82) is 0 Å². The van der Waals surface area contributed by atoms with Crippen LogP contribution in [0, 0.1) is 0 Å². The fourth-order valence-electron chi connectivity index (χ4n) is 3.78. The third-order valence-corrected chi connectivity index (χ3v) is 5.04. The highest BCUT2D eigenvalue weighted by Gasteiger charge is 2.45. The minimum absolute atomic E-state index is 0.0293. The molecule has 1 aliphatic heterocycles. The number of ketones is 2. The summed E-state index contributed by atoms with van der Waals surface area (Å²) in [4.78, 5) is 59.0. The Morgan fingerprint density at radius 3 is 2.28 bits per heavy atom. The van der Waals surface area contributed by atoms with Gasteiger partial charge in [-0.25, -0.2) is 0 Å². The number of carbonyl (C=O) groups is 5. The maximum Gasteiger partial charge on any atom is 0.303 e. The molecule has 0 unspecified atom stereocenters. The molecule has 10 heteroatoms. The molecular formula is C22H22O10. The normalized spacial score (nSPS) is 24.5. The molecule has 1 aliphatic carbocycles. The lowest BCUT2D eigenvalue weighted by molar-refractivity contribution is -0.216. The van der Waals surface area contributed by atoms with Gasteiger partial charge in [0.15, 0.2) is 17.7 Å². The Bertz CT molecular complexity index is 1010. The van der Waals surface area contributed by atoms with Gasteiger partial charge in [-0.1, -0.05) is 6.07 Å². The molecule has 0 spiro atoms. The van der Waals surface area contributed by atoms with Gasteiger partial charge in [0.05, 0.1) is 11.7 Å². The second-order valence-electron chi connectivity index (χ2n) is 7.41. The number of hydrogen-bond donors (Lipinski definition) is 1. The average molecular weight is 446 g/mol. The highest BCUT2D eigenvalue weighted by molar-refractivity contribution is 6.23. The smallest absolute Gasteiger partial charge is 0.303 e. The van der Waals surface area contributed by atoms with Crippen LogP contribution >= 0.6 is 0 Å². The molecule has 32 heavy (non-hydrogen) atoms. The van der Waals surface area contributed by atoms with Gasteiger partial charge >= 0.3 is 17.9 Å². The number of rotatable bonds is 5. The highest BCUT2D eigenvalue weighted by atomic mass is 16.6. The topological polar surface area (TPSA) is 143 Å².